The third kappa shape index (κ3) is 3.55. The third-order valence-electron chi connectivity index (χ3n) is 7.45. The number of rotatable bonds is 5. The summed E-state index contributed by atoms with van der Waals surface area (Å²) < 4.78 is 14.1. The highest BCUT2D eigenvalue weighted by atomic mass is 32.1. The summed E-state index contributed by atoms with van der Waals surface area (Å²) >= 11 is 1.59. The van der Waals surface area contributed by atoms with Crippen LogP contribution >= 0.6 is 11.3 Å². The van der Waals surface area contributed by atoms with Gasteiger partial charge in [0, 0.05) is 12.1 Å². The van der Waals surface area contributed by atoms with Crippen LogP contribution < -0.4 is 19.7 Å². The van der Waals surface area contributed by atoms with E-state index in [9.17, 15) is 9.59 Å². The second-order valence-corrected chi connectivity index (χ2v) is 10.5. The molecule has 1 aromatic carbocycles. The van der Waals surface area contributed by atoms with Crippen molar-refractivity contribution in [2.24, 2.45) is 5.92 Å². The predicted molar refractivity (Wildman–Crippen MR) is 134 cm³/mol. The van der Waals surface area contributed by atoms with Crippen LogP contribution in [0.4, 0.5) is 5.69 Å². The first-order valence-corrected chi connectivity index (χ1v) is 12.7. The molecule has 7 nitrogen and oxygen atoms in total. The highest BCUT2D eigenvalue weighted by Crippen LogP contribution is 2.42. The van der Waals surface area contributed by atoms with Crippen molar-refractivity contribution in [2.45, 2.75) is 57.7 Å². The predicted octanol–water partition coefficient (Wildman–Crippen LogP) is 4.83. The molecule has 1 N–H and O–H groups in total. The number of methoxy groups -OCH3 is 2. The van der Waals surface area contributed by atoms with Crippen LogP contribution in [0.3, 0.4) is 0 Å². The molecule has 0 radical (unpaired) electrons. The Morgan fingerprint density at radius 2 is 1.94 bits per heavy atom. The first kappa shape index (κ1) is 22.8. The number of amides is 2. The Morgan fingerprint density at radius 1 is 1.15 bits per heavy atom. The molecule has 1 saturated carbocycles. The molecule has 1 fully saturated rings. The van der Waals surface area contributed by atoms with E-state index in [-0.39, 0.29) is 17.9 Å². The minimum atomic E-state index is -1.16. The summed E-state index contributed by atoms with van der Waals surface area (Å²) in [5, 5.41) is 5.33. The largest absolute Gasteiger partial charge is 0.497 e. The van der Waals surface area contributed by atoms with Gasteiger partial charge in [-0.15, -0.1) is 11.3 Å². The lowest BCUT2D eigenvalue weighted by atomic mass is 9.84. The fourth-order valence-corrected chi connectivity index (χ4v) is 6.24. The molecule has 180 valence electrons. The molecule has 0 bridgehead atoms. The van der Waals surface area contributed by atoms with E-state index in [1.807, 2.05) is 29.0 Å². The lowest BCUT2D eigenvalue weighted by Crippen LogP contribution is -2.65. The van der Waals surface area contributed by atoms with Gasteiger partial charge in [0.05, 0.1) is 36.7 Å². The molecule has 2 aliphatic rings. The zero-order chi connectivity index (χ0) is 24.0. The Hall–Kier alpha value is -3.00. The number of carbonyl (C=O) groups excluding carboxylic acids is 2. The second kappa shape index (κ2) is 8.65. The fraction of sp³-hybridized carbons (Fsp3) is 0.462. The molecular weight excluding hydrogens is 450 g/mol. The van der Waals surface area contributed by atoms with Crippen LogP contribution in [-0.4, -0.2) is 42.2 Å². The Morgan fingerprint density at radius 3 is 2.68 bits per heavy atom. The monoisotopic (exact) mass is 481 g/mol. The smallest absolute Gasteiger partial charge is 0.276 e. The number of benzene rings is 1. The van der Waals surface area contributed by atoms with Gasteiger partial charge in [0.15, 0.2) is 0 Å². The van der Waals surface area contributed by atoms with Crippen LogP contribution in [0.2, 0.25) is 0 Å². The van der Waals surface area contributed by atoms with E-state index in [4.69, 9.17) is 9.47 Å². The van der Waals surface area contributed by atoms with Gasteiger partial charge in [0.2, 0.25) is 5.91 Å². The van der Waals surface area contributed by atoms with E-state index >= 15 is 0 Å². The molecular formula is C26H31N3O4S. The first-order valence-electron chi connectivity index (χ1n) is 11.8. The molecule has 0 spiro atoms. The number of aromatic nitrogens is 1. The lowest BCUT2D eigenvalue weighted by Gasteiger charge is -2.45. The van der Waals surface area contributed by atoms with Gasteiger partial charge in [0.1, 0.15) is 22.7 Å². The zero-order valence-corrected chi connectivity index (χ0v) is 20.9. The molecule has 2 aromatic heterocycles. The third-order valence-corrected chi connectivity index (χ3v) is 8.30. The average molecular weight is 482 g/mol. The van der Waals surface area contributed by atoms with Crippen LogP contribution in [0.25, 0.3) is 10.2 Å². The standard InChI is InChI=1S/C26H31N3O4S/c1-16-7-5-6-8-18(16)27-25(31)26(2)15-28-19-11-12-34-23(19)14-21(28)24(30)29(26)20-13-17(32-3)9-10-22(20)33-4/h9-14,16,18H,5-8,15H2,1-4H3,(H,27,31)/t16-,18-,26-/m1/s1. The number of anilines is 1. The van der Waals surface area contributed by atoms with E-state index in [0.29, 0.717) is 35.3 Å². The molecule has 1 aliphatic carbocycles. The average Bonchev–Trinajstić information content (AvgIpc) is 3.43. The van der Waals surface area contributed by atoms with Crippen molar-refractivity contribution in [1.82, 2.24) is 9.88 Å². The fourth-order valence-electron chi connectivity index (χ4n) is 5.42. The summed E-state index contributed by atoms with van der Waals surface area (Å²) in [5.74, 6) is 1.14. The van der Waals surface area contributed by atoms with E-state index in [1.54, 1.807) is 48.7 Å². The van der Waals surface area contributed by atoms with Crippen molar-refractivity contribution in [3.05, 3.63) is 41.4 Å². The number of hydrogen-bond donors (Lipinski definition) is 1. The number of carbonyl (C=O) groups is 2. The first-order chi connectivity index (χ1) is 16.4. The molecule has 5 rings (SSSR count). The molecule has 3 atom stereocenters. The maximum Gasteiger partial charge on any atom is 0.276 e. The number of nitrogens with zero attached hydrogens (tertiary/aromatic N) is 2. The van der Waals surface area contributed by atoms with Gasteiger partial charge in [-0.05, 0) is 55.3 Å². The van der Waals surface area contributed by atoms with Crippen molar-refractivity contribution in [3.63, 3.8) is 0 Å². The zero-order valence-electron chi connectivity index (χ0n) is 20.1. The molecule has 3 aromatic rings. The number of fused-ring (bicyclic) bond motifs is 3. The minimum absolute atomic E-state index is 0.106. The van der Waals surface area contributed by atoms with Crippen molar-refractivity contribution < 1.29 is 19.1 Å². The summed E-state index contributed by atoms with van der Waals surface area (Å²) in [4.78, 5) is 29.7. The Bertz CT molecular complexity index is 1250. The number of ether oxygens (including phenoxy) is 2. The minimum Gasteiger partial charge on any atom is -0.497 e. The highest BCUT2D eigenvalue weighted by Gasteiger charge is 2.50. The van der Waals surface area contributed by atoms with Crippen molar-refractivity contribution in [2.75, 3.05) is 19.1 Å². The number of thiophene rings is 1. The van der Waals surface area contributed by atoms with E-state index < -0.39 is 5.54 Å². The van der Waals surface area contributed by atoms with Gasteiger partial charge in [-0.25, -0.2) is 0 Å². The van der Waals surface area contributed by atoms with E-state index in [0.717, 1.165) is 29.5 Å². The van der Waals surface area contributed by atoms with Gasteiger partial charge >= 0.3 is 0 Å². The highest BCUT2D eigenvalue weighted by molar-refractivity contribution is 7.17. The SMILES string of the molecule is COc1ccc(OC)c(N2C(=O)c3cc4sccc4n3C[C@]2(C)C(=O)N[C@@H]2CCCC[C@H]2C)c1. The summed E-state index contributed by atoms with van der Waals surface area (Å²) in [7, 11) is 3.15. The van der Waals surface area contributed by atoms with Crippen molar-refractivity contribution in [1.29, 1.82) is 0 Å². The van der Waals surface area contributed by atoms with Gasteiger partial charge < -0.3 is 19.4 Å². The molecule has 2 amide bonds. The maximum atomic E-state index is 14.1. The van der Waals surface area contributed by atoms with E-state index in [2.05, 4.69) is 12.2 Å². The van der Waals surface area contributed by atoms with Gasteiger partial charge in [-0.2, -0.15) is 0 Å². The van der Waals surface area contributed by atoms with Crippen LogP contribution in [0.15, 0.2) is 35.7 Å². The quantitative estimate of drug-likeness (QED) is 0.566. The second-order valence-electron chi connectivity index (χ2n) is 9.58. The molecule has 0 unspecified atom stereocenters. The Balaban J connectivity index is 1.64. The Kier molecular flexibility index (Phi) is 5.80. The van der Waals surface area contributed by atoms with Crippen molar-refractivity contribution in [3.8, 4) is 11.5 Å². The molecule has 0 saturated heterocycles. The number of nitrogens with one attached hydrogen (secondary N) is 1. The molecule has 34 heavy (non-hydrogen) atoms. The Labute approximate surface area is 203 Å². The van der Waals surface area contributed by atoms with Gasteiger partial charge in [-0.1, -0.05) is 19.8 Å². The molecule has 1 aliphatic heterocycles. The van der Waals surface area contributed by atoms with Gasteiger partial charge in [-0.3, -0.25) is 14.5 Å². The summed E-state index contributed by atoms with van der Waals surface area (Å²) in [5.41, 5.74) is 0.921. The van der Waals surface area contributed by atoms with Crippen LogP contribution in [-0.2, 0) is 11.3 Å². The van der Waals surface area contributed by atoms with Crippen LogP contribution in [0, 0.1) is 5.92 Å². The van der Waals surface area contributed by atoms with Crippen LogP contribution in [0.5, 0.6) is 11.5 Å². The van der Waals surface area contributed by atoms with Gasteiger partial charge in [0.25, 0.3) is 5.91 Å². The number of hydrogen-bond acceptors (Lipinski definition) is 5. The lowest BCUT2D eigenvalue weighted by molar-refractivity contribution is -0.127. The molecule has 8 heteroatoms. The maximum absolute atomic E-state index is 14.1. The topological polar surface area (TPSA) is 72.8 Å². The van der Waals surface area contributed by atoms with Crippen LogP contribution in [0.1, 0.15) is 50.0 Å². The normalized spacial score (nSPS) is 24.7. The summed E-state index contributed by atoms with van der Waals surface area (Å²) in [6, 6.07) is 9.37. The summed E-state index contributed by atoms with van der Waals surface area (Å²) in [6.45, 7) is 4.40. The van der Waals surface area contributed by atoms with E-state index in [1.165, 1.54) is 6.42 Å². The van der Waals surface area contributed by atoms with Crippen molar-refractivity contribution >= 4 is 39.1 Å². The molecule has 3 heterocycles. The summed E-state index contributed by atoms with van der Waals surface area (Å²) in [6.07, 6.45) is 4.36.